The molecule has 0 spiro atoms. The summed E-state index contributed by atoms with van der Waals surface area (Å²) in [4.78, 5) is 0.915. The van der Waals surface area contributed by atoms with E-state index >= 15 is 0 Å². The lowest BCUT2D eigenvalue weighted by atomic mass is 10.00. The molecule has 3 aromatic rings. The Morgan fingerprint density at radius 1 is 1.35 bits per heavy atom. The summed E-state index contributed by atoms with van der Waals surface area (Å²) >= 11 is 1.61. The summed E-state index contributed by atoms with van der Waals surface area (Å²) in [5.41, 5.74) is -0.326. The van der Waals surface area contributed by atoms with Crippen molar-refractivity contribution in [3.8, 4) is 0 Å². The summed E-state index contributed by atoms with van der Waals surface area (Å²) in [6.45, 7) is 4.65. The molecule has 104 valence electrons. The molecule has 5 heteroatoms. The number of rotatable bonds is 4. The van der Waals surface area contributed by atoms with E-state index in [1.54, 1.807) is 22.2 Å². The molecule has 0 radical (unpaired) electrons. The van der Waals surface area contributed by atoms with Crippen LogP contribution in [0.15, 0.2) is 36.5 Å². The topological polar surface area (TPSA) is 50.9 Å². The van der Waals surface area contributed by atoms with Gasteiger partial charge in [0, 0.05) is 16.1 Å². The first-order valence-electron chi connectivity index (χ1n) is 6.73. The number of aliphatic hydroxyl groups is 1. The monoisotopic (exact) mass is 287 g/mol. The average Bonchev–Trinajstić information content (AvgIpc) is 3.05. The van der Waals surface area contributed by atoms with Gasteiger partial charge in [0.05, 0.1) is 11.9 Å². The van der Waals surface area contributed by atoms with Crippen LogP contribution in [0, 0.1) is 0 Å². The second-order valence-corrected chi connectivity index (χ2v) is 6.15. The van der Waals surface area contributed by atoms with Crippen molar-refractivity contribution in [3.05, 3.63) is 47.1 Å². The summed E-state index contributed by atoms with van der Waals surface area (Å²) in [5.74, 6) is 0. The van der Waals surface area contributed by atoms with Crippen LogP contribution in [-0.2, 0) is 12.1 Å². The van der Waals surface area contributed by atoms with E-state index in [-0.39, 0.29) is 0 Å². The van der Waals surface area contributed by atoms with Crippen molar-refractivity contribution in [2.24, 2.45) is 0 Å². The highest BCUT2D eigenvalue weighted by Gasteiger charge is 2.31. The number of thiophene rings is 1. The van der Waals surface area contributed by atoms with E-state index in [0.29, 0.717) is 0 Å². The number of aryl methyl sites for hydroxylation is 1. The molecular formula is C15H17N3OS. The molecule has 1 N–H and O–H groups in total. The van der Waals surface area contributed by atoms with E-state index in [4.69, 9.17) is 0 Å². The molecule has 0 amide bonds. The van der Waals surface area contributed by atoms with Crippen molar-refractivity contribution in [1.82, 2.24) is 15.0 Å². The molecule has 1 aromatic carbocycles. The van der Waals surface area contributed by atoms with Gasteiger partial charge in [-0.2, -0.15) is 0 Å². The fourth-order valence-corrected chi connectivity index (χ4v) is 3.48. The van der Waals surface area contributed by atoms with Crippen molar-refractivity contribution < 1.29 is 5.11 Å². The van der Waals surface area contributed by atoms with Crippen molar-refractivity contribution in [3.63, 3.8) is 0 Å². The van der Waals surface area contributed by atoms with Gasteiger partial charge >= 0.3 is 0 Å². The molecular weight excluding hydrogens is 270 g/mol. The summed E-state index contributed by atoms with van der Waals surface area (Å²) in [6, 6.07) is 10.2. The Hall–Kier alpha value is -1.72. The lowest BCUT2D eigenvalue weighted by molar-refractivity contribution is 0.0953. The highest BCUT2D eigenvalue weighted by Crippen LogP contribution is 2.36. The lowest BCUT2D eigenvalue weighted by Crippen LogP contribution is -2.25. The molecule has 1 unspecified atom stereocenters. The quantitative estimate of drug-likeness (QED) is 0.802. The van der Waals surface area contributed by atoms with Gasteiger partial charge in [-0.25, -0.2) is 4.68 Å². The third-order valence-corrected chi connectivity index (χ3v) is 4.78. The number of fused-ring (bicyclic) bond motifs is 1. The van der Waals surface area contributed by atoms with Gasteiger partial charge in [-0.3, -0.25) is 0 Å². The Balaban J connectivity index is 2.08. The van der Waals surface area contributed by atoms with Crippen molar-refractivity contribution in [1.29, 1.82) is 0 Å². The number of nitrogens with zero attached hydrogens (tertiary/aromatic N) is 3. The third kappa shape index (κ3) is 2.13. The summed E-state index contributed by atoms with van der Waals surface area (Å²) in [6.07, 6.45) is 2.61. The normalized spacial score (nSPS) is 14.6. The van der Waals surface area contributed by atoms with Crippen LogP contribution in [0.2, 0.25) is 0 Å². The van der Waals surface area contributed by atoms with Gasteiger partial charge in [0.2, 0.25) is 0 Å². The SMILES string of the molecule is CCCn1nncc1C(C)(O)c1cc2ccccc2s1. The first kappa shape index (κ1) is 13.3. The van der Waals surface area contributed by atoms with Crippen molar-refractivity contribution in [2.45, 2.75) is 32.4 Å². The van der Waals surface area contributed by atoms with E-state index < -0.39 is 5.60 Å². The van der Waals surface area contributed by atoms with Gasteiger partial charge in [-0.1, -0.05) is 30.3 Å². The molecule has 0 bridgehead atoms. The van der Waals surface area contributed by atoms with Crippen LogP contribution in [0.5, 0.6) is 0 Å². The minimum Gasteiger partial charge on any atom is -0.378 e. The summed E-state index contributed by atoms with van der Waals surface area (Å²) < 4.78 is 2.96. The molecule has 3 rings (SSSR count). The average molecular weight is 287 g/mol. The number of benzene rings is 1. The molecule has 20 heavy (non-hydrogen) atoms. The highest BCUT2D eigenvalue weighted by atomic mass is 32.1. The van der Waals surface area contributed by atoms with Gasteiger partial charge in [0.1, 0.15) is 5.60 Å². The zero-order valence-corrected chi connectivity index (χ0v) is 12.4. The molecule has 1 atom stereocenters. The predicted octanol–water partition coefficient (Wildman–Crippen LogP) is 3.16. The minimum absolute atomic E-state index is 0.742. The fourth-order valence-electron chi connectivity index (χ4n) is 2.36. The third-order valence-electron chi connectivity index (χ3n) is 3.46. The molecule has 2 aromatic heterocycles. The van der Waals surface area contributed by atoms with Crippen molar-refractivity contribution in [2.75, 3.05) is 0 Å². The number of hydrogen-bond donors (Lipinski definition) is 1. The summed E-state index contributed by atoms with van der Waals surface area (Å²) in [7, 11) is 0. The van der Waals surface area contributed by atoms with E-state index in [1.807, 2.05) is 25.1 Å². The minimum atomic E-state index is -1.07. The van der Waals surface area contributed by atoms with Gasteiger partial charge in [0.25, 0.3) is 0 Å². The van der Waals surface area contributed by atoms with Crippen LogP contribution >= 0.6 is 11.3 Å². The maximum Gasteiger partial charge on any atom is 0.139 e. The lowest BCUT2D eigenvalue weighted by Gasteiger charge is -2.22. The van der Waals surface area contributed by atoms with Crippen LogP contribution in [0.25, 0.3) is 10.1 Å². The molecule has 2 heterocycles. The number of hydrogen-bond acceptors (Lipinski definition) is 4. The second kappa shape index (κ2) is 5.00. The van der Waals surface area contributed by atoms with Crippen LogP contribution in [0.1, 0.15) is 30.8 Å². The Morgan fingerprint density at radius 2 is 2.15 bits per heavy atom. The van der Waals surface area contributed by atoms with Crippen LogP contribution in [0.3, 0.4) is 0 Å². The highest BCUT2D eigenvalue weighted by molar-refractivity contribution is 7.19. The Bertz CT molecular complexity index is 696. The zero-order valence-electron chi connectivity index (χ0n) is 11.6. The maximum atomic E-state index is 11.0. The van der Waals surface area contributed by atoms with E-state index in [2.05, 4.69) is 29.4 Å². The molecule has 0 fully saturated rings. The smallest absolute Gasteiger partial charge is 0.139 e. The molecule has 0 aliphatic rings. The first-order chi connectivity index (χ1) is 9.63. The van der Waals surface area contributed by atoms with Crippen LogP contribution in [0.4, 0.5) is 0 Å². The first-order valence-corrected chi connectivity index (χ1v) is 7.55. The van der Waals surface area contributed by atoms with Crippen LogP contribution in [-0.4, -0.2) is 20.1 Å². The Kier molecular flexibility index (Phi) is 3.31. The van der Waals surface area contributed by atoms with E-state index in [1.165, 1.54) is 4.70 Å². The fraction of sp³-hybridized carbons (Fsp3) is 0.333. The van der Waals surface area contributed by atoms with E-state index in [9.17, 15) is 5.11 Å². The molecule has 0 aliphatic carbocycles. The Morgan fingerprint density at radius 3 is 2.90 bits per heavy atom. The Labute approximate surface area is 121 Å². The predicted molar refractivity (Wildman–Crippen MR) is 80.8 cm³/mol. The molecule has 4 nitrogen and oxygen atoms in total. The van der Waals surface area contributed by atoms with Gasteiger partial charge < -0.3 is 5.11 Å². The molecule has 0 saturated carbocycles. The largest absolute Gasteiger partial charge is 0.378 e. The number of aromatic nitrogens is 3. The van der Waals surface area contributed by atoms with Crippen molar-refractivity contribution >= 4 is 21.4 Å². The standard InChI is InChI=1S/C15H17N3OS/c1-3-8-18-13(10-16-17-18)15(2,19)14-9-11-6-4-5-7-12(11)20-14/h4-7,9-10,19H,3,8H2,1-2H3. The van der Waals surface area contributed by atoms with Crippen LogP contribution < -0.4 is 0 Å². The van der Waals surface area contributed by atoms with Gasteiger partial charge in [-0.15, -0.1) is 16.4 Å². The van der Waals surface area contributed by atoms with Gasteiger partial charge in [0.15, 0.2) is 0 Å². The second-order valence-electron chi connectivity index (χ2n) is 5.06. The van der Waals surface area contributed by atoms with E-state index in [0.717, 1.165) is 28.9 Å². The summed E-state index contributed by atoms with van der Waals surface area (Å²) in [5, 5.41) is 20.1. The maximum absolute atomic E-state index is 11.0. The molecule has 0 aliphatic heterocycles. The van der Waals surface area contributed by atoms with Gasteiger partial charge in [-0.05, 0) is 30.9 Å². The zero-order chi connectivity index (χ0) is 14.2. The molecule has 0 saturated heterocycles.